The quantitative estimate of drug-likeness (QED) is 0.715. The number of anilines is 1. The number of carbonyl (C=O) groups excluding carboxylic acids is 1. The van der Waals surface area contributed by atoms with E-state index in [0.717, 1.165) is 5.56 Å². The van der Waals surface area contributed by atoms with Gasteiger partial charge in [0.05, 0.1) is 18.3 Å². The van der Waals surface area contributed by atoms with Crippen LogP contribution in [0, 0.1) is 6.92 Å². The molecule has 1 N–H and O–H groups in total. The van der Waals surface area contributed by atoms with Crippen LogP contribution in [-0.2, 0) is 11.3 Å². The smallest absolute Gasteiger partial charge is 0.387 e. The average molecular weight is 383 g/mol. The molecule has 7 nitrogen and oxygen atoms in total. The van der Waals surface area contributed by atoms with Crippen molar-refractivity contribution in [2.24, 2.45) is 0 Å². The summed E-state index contributed by atoms with van der Waals surface area (Å²) in [6.45, 7) is 3.04. The molecule has 0 fully saturated rings. The first-order chi connectivity index (χ1) is 12.8. The normalized spacial score (nSPS) is 12.3. The van der Waals surface area contributed by atoms with Gasteiger partial charge in [-0.25, -0.2) is 0 Å². The van der Waals surface area contributed by atoms with E-state index < -0.39 is 12.7 Å². The van der Waals surface area contributed by atoms with Crippen LogP contribution >= 0.6 is 0 Å². The number of rotatable bonds is 9. The first-order valence-electron chi connectivity index (χ1n) is 8.45. The summed E-state index contributed by atoms with van der Waals surface area (Å²) in [7, 11) is 1.78. The Hall–Kier alpha value is -2.68. The minimum atomic E-state index is -2.93. The fourth-order valence-electron chi connectivity index (χ4n) is 2.39. The van der Waals surface area contributed by atoms with Gasteiger partial charge in [0.1, 0.15) is 0 Å². The molecule has 2 aromatic rings. The molecular formula is C18H23F2N3O4. The first kappa shape index (κ1) is 20.6. The highest BCUT2D eigenvalue weighted by Crippen LogP contribution is 2.30. The summed E-state index contributed by atoms with van der Waals surface area (Å²) in [5, 5.41) is 6.37. The molecule has 0 saturated carbocycles. The van der Waals surface area contributed by atoms with E-state index in [0.29, 0.717) is 18.8 Å². The van der Waals surface area contributed by atoms with Crippen LogP contribution in [0.4, 0.5) is 14.7 Å². The second kappa shape index (κ2) is 9.31. The standard InChI is InChI=1S/C18H23F2N3O4/c1-5-25-15-9-13(6-7-14(15)26-18(19)20)10-23(4)12(3)17(24)21-16-8-11(2)22-27-16/h6-9,12,18H,5,10H2,1-4H3,(H,21,24). The Kier molecular flexibility index (Phi) is 7.12. The number of alkyl halides is 2. The van der Waals surface area contributed by atoms with Crippen molar-refractivity contribution >= 4 is 11.8 Å². The van der Waals surface area contributed by atoms with E-state index in [2.05, 4.69) is 15.2 Å². The lowest BCUT2D eigenvalue weighted by atomic mass is 10.1. The van der Waals surface area contributed by atoms with Gasteiger partial charge in [0.25, 0.3) is 0 Å². The number of nitrogens with zero attached hydrogens (tertiary/aromatic N) is 2. The molecule has 0 spiro atoms. The molecule has 1 aromatic carbocycles. The second-order valence-electron chi connectivity index (χ2n) is 6.01. The molecule has 27 heavy (non-hydrogen) atoms. The van der Waals surface area contributed by atoms with E-state index in [4.69, 9.17) is 9.26 Å². The Labute approximate surface area is 156 Å². The summed E-state index contributed by atoms with van der Waals surface area (Å²) in [5.74, 6) is 0.240. The van der Waals surface area contributed by atoms with Gasteiger partial charge < -0.3 is 14.0 Å². The molecule has 9 heteroatoms. The molecule has 0 aliphatic carbocycles. The van der Waals surface area contributed by atoms with Crippen molar-refractivity contribution in [3.63, 3.8) is 0 Å². The number of benzene rings is 1. The van der Waals surface area contributed by atoms with E-state index in [9.17, 15) is 13.6 Å². The molecule has 0 aliphatic heterocycles. The van der Waals surface area contributed by atoms with Crippen molar-refractivity contribution in [2.75, 3.05) is 19.0 Å². The van der Waals surface area contributed by atoms with Crippen molar-refractivity contribution in [3.05, 3.63) is 35.5 Å². The molecule has 0 bridgehead atoms. The van der Waals surface area contributed by atoms with Crippen molar-refractivity contribution in [2.45, 2.75) is 40.0 Å². The van der Waals surface area contributed by atoms with Gasteiger partial charge in [0, 0.05) is 12.6 Å². The number of halogens is 2. The molecule has 1 aromatic heterocycles. The van der Waals surface area contributed by atoms with Gasteiger partial charge in [-0.1, -0.05) is 11.2 Å². The lowest BCUT2D eigenvalue weighted by molar-refractivity contribution is -0.120. The summed E-state index contributed by atoms with van der Waals surface area (Å²) in [6.07, 6.45) is 0. The molecule has 0 radical (unpaired) electrons. The summed E-state index contributed by atoms with van der Waals surface area (Å²) >= 11 is 0. The molecule has 148 valence electrons. The second-order valence-corrected chi connectivity index (χ2v) is 6.01. The number of aryl methyl sites for hydroxylation is 1. The Morgan fingerprint density at radius 2 is 2.07 bits per heavy atom. The van der Waals surface area contributed by atoms with Gasteiger partial charge in [-0.15, -0.1) is 0 Å². The summed E-state index contributed by atoms with van der Waals surface area (Å²) in [4.78, 5) is 14.1. The van der Waals surface area contributed by atoms with E-state index >= 15 is 0 Å². The number of amides is 1. The minimum absolute atomic E-state index is 0.0234. The minimum Gasteiger partial charge on any atom is -0.490 e. The predicted molar refractivity (Wildman–Crippen MR) is 95.0 cm³/mol. The summed E-state index contributed by atoms with van der Waals surface area (Å²) < 4.78 is 39.8. The predicted octanol–water partition coefficient (Wildman–Crippen LogP) is 3.44. The van der Waals surface area contributed by atoms with Gasteiger partial charge in [0.2, 0.25) is 11.8 Å². The lowest BCUT2D eigenvalue weighted by Gasteiger charge is -2.24. The fourth-order valence-corrected chi connectivity index (χ4v) is 2.39. The van der Waals surface area contributed by atoms with Gasteiger partial charge in [-0.3, -0.25) is 15.0 Å². The highest BCUT2D eigenvalue weighted by Gasteiger charge is 2.20. The van der Waals surface area contributed by atoms with Crippen LogP contribution in [0.15, 0.2) is 28.8 Å². The van der Waals surface area contributed by atoms with Gasteiger partial charge in [0.15, 0.2) is 11.5 Å². The highest BCUT2D eigenvalue weighted by molar-refractivity contribution is 5.93. The Balaban J connectivity index is 2.03. The van der Waals surface area contributed by atoms with Crippen LogP contribution in [-0.4, -0.2) is 42.3 Å². The van der Waals surface area contributed by atoms with E-state index in [1.807, 2.05) is 0 Å². The third-order valence-corrected chi connectivity index (χ3v) is 3.87. The van der Waals surface area contributed by atoms with Crippen LogP contribution in [0.1, 0.15) is 25.1 Å². The van der Waals surface area contributed by atoms with E-state index in [1.165, 1.54) is 6.07 Å². The SMILES string of the molecule is CCOc1cc(CN(C)C(C)C(=O)Nc2cc(C)no2)ccc1OC(F)F. The molecule has 0 saturated heterocycles. The van der Waals surface area contributed by atoms with Gasteiger partial charge in [-0.2, -0.15) is 8.78 Å². The van der Waals surface area contributed by atoms with Crippen molar-refractivity contribution in [1.29, 1.82) is 0 Å². The maximum absolute atomic E-state index is 12.5. The third kappa shape index (κ3) is 5.92. The zero-order valence-corrected chi connectivity index (χ0v) is 15.7. The maximum atomic E-state index is 12.5. The van der Waals surface area contributed by atoms with Crippen LogP contribution < -0.4 is 14.8 Å². The molecule has 1 amide bonds. The highest BCUT2D eigenvalue weighted by atomic mass is 19.3. The van der Waals surface area contributed by atoms with Crippen molar-refractivity contribution in [3.8, 4) is 11.5 Å². The lowest BCUT2D eigenvalue weighted by Crippen LogP contribution is -2.39. The molecule has 1 unspecified atom stereocenters. The fraction of sp³-hybridized carbons (Fsp3) is 0.444. The van der Waals surface area contributed by atoms with Crippen LogP contribution in [0.25, 0.3) is 0 Å². The molecule has 2 rings (SSSR count). The van der Waals surface area contributed by atoms with Gasteiger partial charge in [-0.05, 0) is 45.5 Å². The molecular weight excluding hydrogens is 360 g/mol. The number of hydrogen-bond acceptors (Lipinski definition) is 6. The topological polar surface area (TPSA) is 76.8 Å². The Morgan fingerprint density at radius 3 is 2.67 bits per heavy atom. The molecule has 1 atom stereocenters. The van der Waals surface area contributed by atoms with Crippen LogP contribution in [0.3, 0.4) is 0 Å². The zero-order valence-electron chi connectivity index (χ0n) is 15.7. The Bertz CT molecular complexity index is 767. The van der Waals surface area contributed by atoms with Gasteiger partial charge >= 0.3 is 6.61 Å². The largest absolute Gasteiger partial charge is 0.490 e. The van der Waals surface area contributed by atoms with E-state index in [-0.39, 0.29) is 23.3 Å². The summed E-state index contributed by atoms with van der Waals surface area (Å²) in [6, 6.07) is 5.87. The number of ether oxygens (including phenoxy) is 2. The number of carbonyl (C=O) groups is 1. The number of aromatic nitrogens is 1. The van der Waals surface area contributed by atoms with E-state index in [1.54, 1.807) is 50.9 Å². The summed E-state index contributed by atoms with van der Waals surface area (Å²) in [5.41, 5.74) is 1.46. The monoisotopic (exact) mass is 383 g/mol. The first-order valence-corrected chi connectivity index (χ1v) is 8.45. The maximum Gasteiger partial charge on any atom is 0.387 e. The third-order valence-electron chi connectivity index (χ3n) is 3.87. The van der Waals surface area contributed by atoms with Crippen LogP contribution in [0.5, 0.6) is 11.5 Å². The number of likely N-dealkylation sites (N-methyl/N-ethyl adjacent to an activating group) is 1. The zero-order chi connectivity index (χ0) is 20.0. The van der Waals surface area contributed by atoms with Crippen LogP contribution in [0.2, 0.25) is 0 Å². The number of nitrogens with one attached hydrogen (secondary N) is 1. The molecule has 1 heterocycles. The average Bonchev–Trinajstić information content (AvgIpc) is 3.01. The van der Waals surface area contributed by atoms with Crippen molar-refractivity contribution in [1.82, 2.24) is 10.1 Å². The Morgan fingerprint density at radius 1 is 1.33 bits per heavy atom. The molecule has 0 aliphatic rings. The number of hydrogen-bond donors (Lipinski definition) is 1. The van der Waals surface area contributed by atoms with Crippen molar-refractivity contribution < 1.29 is 27.6 Å².